The fourth-order valence-electron chi connectivity index (χ4n) is 3.66. The monoisotopic (exact) mass is 456 g/mol. The SMILES string of the molecule is CCOc1nn2c(N)[n+](CC(=O)c3cc(OCCO)cc(C(C)(C)C)c3)nc2c(CC)c1C. The molecule has 0 saturated carbocycles. The van der Waals surface area contributed by atoms with Crippen LogP contribution in [0.15, 0.2) is 18.2 Å². The number of nitrogens with zero attached hydrogens (tertiary/aromatic N) is 4. The number of benzene rings is 1. The highest BCUT2D eigenvalue weighted by Crippen LogP contribution is 2.28. The summed E-state index contributed by atoms with van der Waals surface area (Å²) >= 11 is 0. The molecule has 33 heavy (non-hydrogen) atoms. The summed E-state index contributed by atoms with van der Waals surface area (Å²) in [7, 11) is 0. The van der Waals surface area contributed by atoms with E-state index in [1.165, 1.54) is 9.20 Å². The van der Waals surface area contributed by atoms with Gasteiger partial charge in [0, 0.05) is 16.7 Å². The van der Waals surface area contributed by atoms with Crippen molar-refractivity contribution in [2.45, 2.75) is 59.9 Å². The lowest BCUT2D eigenvalue weighted by molar-refractivity contribution is -0.723. The van der Waals surface area contributed by atoms with Gasteiger partial charge in [-0.25, -0.2) is 0 Å². The third kappa shape index (κ3) is 5.08. The van der Waals surface area contributed by atoms with E-state index in [1.807, 2.05) is 32.9 Å². The van der Waals surface area contributed by atoms with E-state index in [0.717, 1.165) is 23.1 Å². The van der Waals surface area contributed by atoms with Gasteiger partial charge < -0.3 is 14.6 Å². The summed E-state index contributed by atoms with van der Waals surface area (Å²) in [4.78, 5) is 13.3. The second-order valence-electron chi connectivity index (χ2n) is 8.94. The molecule has 0 radical (unpaired) electrons. The second kappa shape index (κ2) is 9.74. The lowest BCUT2D eigenvalue weighted by atomic mass is 9.85. The van der Waals surface area contributed by atoms with Gasteiger partial charge >= 0.3 is 5.95 Å². The summed E-state index contributed by atoms with van der Waals surface area (Å²) in [5, 5.41) is 18.2. The predicted octanol–water partition coefficient (Wildman–Crippen LogP) is 2.42. The highest BCUT2D eigenvalue weighted by atomic mass is 16.5. The Bertz CT molecular complexity index is 1160. The number of ether oxygens (including phenoxy) is 2. The Balaban J connectivity index is 2.02. The molecule has 2 heterocycles. The average Bonchev–Trinajstić information content (AvgIpc) is 3.07. The Morgan fingerprint density at radius 2 is 1.94 bits per heavy atom. The number of Topliss-reactive ketones (excluding diaryl/α,β-unsaturated/α-hetero) is 1. The fourth-order valence-corrected chi connectivity index (χ4v) is 3.66. The minimum absolute atomic E-state index is 0.0472. The number of carbonyl (C=O) groups excluding carboxylic acids is 1. The molecule has 0 spiro atoms. The zero-order valence-corrected chi connectivity index (χ0v) is 20.3. The van der Waals surface area contributed by atoms with Crippen LogP contribution in [0.25, 0.3) is 5.65 Å². The molecule has 0 amide bonds. The second-order valence-corrected chi connectivity index (χ2v) is 8.94. The van der Waals surface area contributed by atoms with Gasteiger partial charge in [-0.05, 0) is 49.4 Å². The standard InChI is InChI=1S/C24H33N5O4/c1-7-19-15(3)22(32-8-2)27-29-21(19)26-28(23(29)25)14-20(31)16-11-17(24(4,5)6)13-18(12-16)33-10-9-30/h11-13,25,30H,7-10,14H2,1-6H3/p+1. The van der Waals surface area contributed by atoms with Crippen LogP contribution < -0.4 is 19.9 Å². The van der Waals surface area contributed by atoms with Gasteiger partial charge in [-0.1, -0.05) is 42.4 Å². The summed E-state index contributed by atoms with van der Waals surface area (Å²) in [6.07, 6.45) is 0.724. The number of aryl methyl sites for hydroxylation is 1. The van der Waals surface area contributed by atoms with Gasteiger partial charge in [0.2, 0.25) is 5.88 Å². The van der Waals surface area contributed by atoms with Crippen LogP contribution in [-0.2, 0) is 18.4 Å². The van der Waals surface area contributed by atoms with Crippen molar-refractivity contribution in [1.29, 1.82) is 0 Å². The molecule has 2 aromatic heterocycles. The van der Waals surface area contributed by atoms with Gasteiger partial charge in [-0.2, -0.15) is 0 Å². The van der Waals surface area contributed by atoms with Gasteiger partial charge in [0.05, 0.1) is 13.2 Å². The van der Waals surface area contributed by atoms with Gasteiger partial charge in [0.25, 0.3) is 5.65 Å². The minimum Gasteiger partial charge on any atom is -0.491 e. The number of fused-ring (bicyclic) bond motifs is 1. The molecule has 3 N–H and O–H groups in total. The number of nitrogens with two attached hydrogens (primary N) is 1. The van der Waals surface area contributed by atoms with Crippen molar-refractivity contribution in [3.8, 4) is 11.6 Å². The molecule has 0 aliphatic carbocycles. The van der Waals surface area contributed by atoms with Crippen molar-refractivity contribution in [2.75, 3.05) is 25.6 Å². The number of rotatable bonds is 9. The van der Waals surface area contributed by atoms with Gasteiger partial charge in [-0.15, -0.1) is 4.68 Å². The molecule has 0 aliphatic rings. The first-order valence-electron chi connectivity index (χ1n) is 11.2. The molecule has 9 heteroatoms. The molecule has 0 fully saturated rings. The van der Waals surface area contributed by atoms with E-state index in [2.05, 4.69) is 31.0 Å². The van der Waals surface area contributed by atoms with Crippen LogP contribution in [-0.4, -0.2) is 45.4 Å². The van der Waals surface area contributed by atoms with E-state index in [1.54, 1.807) is 6.07 Å². The quantitative estimate of drug-likeness (QED) is 0.375. The Hall–Kier alpha value is -3.20. The Kier molecular flexibility index (Phi) is 7.22. The van der Waals surface area contributed by atoms with Crippen molar-refractivity contribution in [3.05, 3.63) is 40.5 Å². The molecular weight excluding hydrogens is 422 g/mol. The summed E-state index contributed by atoms with van der Waals surface area (Å²) in [6.45, 7) is 12.6. The molecular formula is C24H34N5O4+. The lowest BCUT2D eigenvalue weighted by Crippen LogP contribution is -2.42. The number of aromatic nitrogens is 4. The average molecular weight is 457 g/mol. The third-order valence-electron chi connectivity index (χ3n) is 5.51. The highest BCUT2D eigenvalue weighted by Gasteiger charge is 2.26. The predicted molar refractivity (Wildman–Crippen MR) is 125 cm³/mol. The zero-order valence-electron chi connectivity index (χ0n) is 20.3. The van der Waals surface area contributed by atoms with Crippen LogP contribution in [0, 0.1) is 6.92 Å². The number of anilines is 1. The molecule has 3 rings (SSSR count). The van der Waals surface area contributed by atoms with Crippen LogP contribution in [0.1, 0.15) is 61.7 Å². The number of carbonyl (C=O) groups is 1. The van der Waals surface area contributed by atoms with Gasteiger partial charge in [0.15, 0.2) is 12.3 Å². The first-order chi connectivity index (χ1) is 15.6. The number of hydrogen-bond acceptors (Lipinski definition) is 7. The first kappa shape index (κ1) is 24.4. The molecule has 0 unspecified atom stereocenters. The maximum absolute atomic E-state index is 13.3. The first-order valence-corrected chi connectivity index (χ1v) is 11.2. The summed E-state index contributed by atoms with van der Waals surface area (Å²) in [6, 6.07) is 5.45. The molecule has 0 saturated heterocycles. The van der Waals surface area contributed by atoms with E-state index in [0.29, 0.717) is 29.4 Å². The Morgan fingerprint density at radius 3 is 2.55 bits per heavy atom. The minimum atomic E-state index is -0.184. The van der Waals surface area contributed by atoms with Crippen LogP contribution in [0.5, 0.6) is 11.6 Å². The number of ketones is 1. The molecule has 3 aromatic rings. The van der Waals surface area contributed by atoms with Crippen molar-refractivity contribution >= 4 is 17.4 Å². The van der Waals surface area contributed by atoms with E-state index >= 15 is 0 Å². The number of nitrogen functional groups attached to an aromatic ring is 1. The number of hydrogen-bond donors (Lipinski definition) is 2. The largest absolute Gasteiger partial charge is 0.491 e. The van der Waals surface area contributed by atoms with Crippen LogP contribution in [0.3, 0.4) is 0 Å². The van der Waals surface area contributed by atoms with Crippen molar-refractivity contribution in [3.63, 3.8) is 0 Å². The normalized spacial score (nSPS) is 11.7. The highest BCUT2D eigenvalue weighted by molar-refractivity contribution is 5.95. The zero-order chi connectivity index (χ0) is 24.3. The van der Waals surface area contributed by atoms with Gasteiger partial charge in [0.1, 0.15) is 12.4 Å². The molecule has 1 aromatic carbocycles. The van der Waals surface area contributed by atoms with Gasteiger partial charge in [-0.3, -0.25) is 10.5 Å². The van der Waals surface area contributed by atoms with Crippen LogP contribution in [0.2, 0.25) is 0 Å². The Labute approximate surface area is 194 Å². The fraction of sp³-hybridized carbons (Fsp3) is 0.500. The number of aliphatic hydroxyl groups excluding tert-OH is 1. The Morgan fingerprint density at radius 1 is 1.21 bits per heavy atom. The van der Waals surface area contributed by atoms with Crippen molar-refractivity contribution in [2.24, 2.45) is 0 Å². The molecule has 0 bridgehead atoms. The number of aliphatic hydroxyl groups is 1. The summed E-state index contributed by atoms with van der Waals surface area (Å²) in [5.41, 5.74) is 10.1. The van der Waals surface area contributed by atoms with E-state index < -0.39 is 0 Å². The smallest absolute Gasteiger partial charge is 0.401 e. The van der Waals surface area contributed by atoms with Crippen LogP contribution >= 0.6 is 0 Å². The van der Waals surface area contributed by atoms with Crippen molar-refractivity contribution in [1.82, 2.24) is 14.7 Å². The maximum atomic E-state index is 13.3. The van der Waals surface area contributed by atoms with Crippen molar-refractivity contribution < 1.29 is 24.1 Å². The van der Waals surface area contributed by atoms with E-state index in [-0.39, 0.29) is 36.9 Å². The third-order valence-corrected chi connectivity index (χ3v) is 5.51. The molecule has 0 atom stereocenters. The topological polar surface area (TPSA) is 116 Å². The maximum Gasteiger partial charge on any atom is 0.401 e. The summed E-state index contributed by atoms with van der Waals surface area (Å²) < 4.78 is 14.3. The van der Waals surface area contributed by atoms with E-state index in [9.17, 15) is 4.79 Å². The summed E-state index contributed by atoms with van der Waals surface area (Å²) in [5.74, 6) is 1.14. The lowest BCUT2D eigenvalue weighted by Gasteiger charge is -2.21. The van der Waals surface area contributed by atoms with E-state index in [4.69, 9.17) is 20.3 Å². The molecule has 178 valence electrons. The molecule has 9 nitrogen and oxygen atoms in total. The van der Waals surface area contributed by atoms with Crippen LogP contribution in [0.4, 0.5) is 5.95 Å². The molecule has 0 aliphatic heterocycles.